The quantitative estimate of drug-likeness (QED) is 0.521. The third-order valence-electron chi connectivity index (χ3n) is 2.77. The molecule has 0 aliphatic carbocycles. The number of fused-ring (bicyclic) bond motifs is 1. The van der Waals surface area contributed by atoms with Crippen LogP contribution < -0.4 is 11.2 Å². The van der Waals surface area contributed by atoms with Crippen LogP contribution in [0.4, 0.5) is 5.69 Å². The molecule has 0 saturated carbocycles. The number of nitriles is 1. The number of carbonyl (C=O) groups is 1. The molecule has 9 nitrogen and oxygen atoms in total. The van der Waals surface area contributed by atoms with Crippen LogP contribution in [0.1, 0.15) is 5.56 Å². The van der Waals surface area contributed by atoms with E-state index in [0.717, 1.165) is 0 Å². The van der Waals surface area contributed by atoms with Crippen molar-refractivity contribution in [2.24, 2.45) is 0 Å². The number of hydrogen-bond donors (Lipinski definition) is 2. The molecule has 10 heteroatoms. The van der Waals surface area contributed by atoms with Gasteiger partial charge in [0, 0.05) is 0 Å². The van der Waals surface area contributed by atoms with Crippen molar-refractivity contribution in [1.82, 2.24) is 24.5 Å². The van der Waals surface area contributed by atoms with Crippen LogP contribution in [0.2, 0.25) is 0 Å². The van der Waals surface area contributed by atoms with E-state index in [1.165, 1.54) is 27.3 Å². The number of amides is 1. The Morgan fingerprint density at radius 3 is 3.05 bits per heavy atom. The molecule has 0 saturated heterocycles. The van der Waals surface area contributed by atoms with Crippen molar-refractivity contribution >= 4 is 29.1 Å². The normalized spacial score (nSPS) is 10.5. The van der Waals surface area contributed by atoms with Gasteiger partial charge in [-0.1, -0.05) is 23.9 Å². The van der Waals surface area contributed by atoms with E-state index in [2.05, 4.69) is 20.6 Å². The monoisotopic (exact) mass is 314 g/mol. The van der Waals surface area contributed by atoms with Crippen molar-refractivity contribution in [3.8, 4) is 6.07 Å². The van der Waals surface area contributed by atoms with E-state index < -0.39 is 0 Å². The average molecular weight is 314 g/mol. The van der Waals surface area contributed by atoms with Crippen LogP contribution in [0.25, 0.3) is 5.78 Å². The van der Waals surface area contributed by atoms with E-state index in [1.54, 1.807) is 24.3 Å². The molecule has 0 spiro atoms. The summed E-state index contributed by atoms with van der Waals surface area (Å²) in [6.45, 7) is 0. The highest BCUT2D eigenvalue weighted by molar-refractivity contribution is 7.99. The van der Waals surface area contributed by atoms with E-state index in [4.69, 9.17) is 11.1 Å². The summed E-state index contributed by atoms with van der Waals surface area (Å²) in [4.78, 5) is 12.0. The highest BCUT2D eigenvalue weighted by atomic mass is 32.2. The van der Waals surface area contributed by atoms with E-state index in [1.807, 2.05) is 6.07 Å². The number of carbonyl (C=O) groups excluding carboxylic acids is 1. The average Bonchev–Trinajstić information content (AvgIpc) is 3.09. The minimum atomic E-state index is -0.253. The summed E-state index contributed by atoms with van der Waals surface area (Å²) in [6.07, 6.45) is 1.40. The number of para-hydroxylation sites is 1. The number of thioether (sulfide) groups is 1. The standard InChI is InChI=1S/C12H10N8OS/c13-5-8-3-1-2-4-9(8)16-10(21)6-22-12-18-17-11-19(14)7-15-20(11)12/h1-4,7H,6,14H2,(H,16,21). The molecule has 1 aromatic carbocycles. The van der Waals surface area contributed by atoms with Crippen molar-refractivity contribution in [3.63, 3.8) is 0 Å². The van der Waals surface area contributed by atoms with Gasteiger partial charge in [0.25, 0.3) is 5.78 Å². The number of nitrogens with two attached hydrogens (primary N) is 1. The lowest BCUT2D eigenvalue weighted by atomic mass is 10.2. The van der Waals surface area contributed by atoms with Crippen LogP contribution >= 0.6 is 11.8 Å². The van der Waals surface area contributed by atoms with Crippen LogP contribution in [-0.2, 0) is 4.79 Å². The lowest BCUT2D eigenvalue weighted by molar-refractivity contribution is -0.113. The second kappa shape index (κ2) is 5.74. The van der Waals surface area contributed by atoms with Gasteiger partial charge in [0.15, 0.2) is 0 Å². The fraction of sp³-hybridized carbons (Fsp3) is 0.0833. The molecule has 3 rings (SSSR count). The Morgan fingerprint density at radius 1 is 1.41 bits per heavy atom. The first kappa shape index (κ1) is 13.9. The highest BCUT2D eigenvalue weighted by Gasteiger charge is 2.13. The number of nitrogen functional groups attached to an aromatic ring is 1. The Labute approximate surface area is 128 Å². The summed E-state index contributed by atoms with van der Waals surface area (Å²) in [5.74, 6) is 5.83. The summed E-state index contributed by atoms with van der Waals surface area (Å²) in [5.41, 5.74) is 0.890. The molecule has 3 aromatic rings. The number of nitrogens with one attached hydrogen (secondary N) is 1. The van der Waals surface area contributed by atoms with Crippen LogP contribution in [-0.4, -0.2) is 36.1 Å². The van der Waals surface area contributed by atoms with Gasteiger partial charge in [0.2, 0.25) is 11.1 Å². The Bertz CT molecular complexity index is 877. The van der Waals surface area contributed by atoms with Gasteiger partial charge in [-0.25, -0.2) is 4.68 Å². The predicted molar refractivity (Wildman–Crippen MR) is 79.4 cm³/mol. The minimum Gasteiger partial charge on any atom is -0.335 e. The number of anilines is 1. The van der Waals surface area contributed by atoms with Gasteiger partial charge in [0.1, 0.15) is 12.4 Å². The van der Waals surface area contributed by atoms with E-state index in [9.17, 15) is 4.79 Å². The second-order valence-electron chi connectivity index (χ2n) is 4.23. The molecule has 3 N–H and O–H groups in total. The molecule has 0 atom stereocenters. The fourth-order valence-electron chi connectivity index (χ4n) is 1.77. The molecule has 2 heterocycles. The van der Waals surface area contributed by atoms with Gasteiger partial charge < -0.3 is 11.2 Å². The van der Waals surface area contributed by atoms with Gasteiger partial charge in [0.05, 0.1) is 17.0 Å². The first-order valence-electron chi connectivity index (χ1n) is 6.14. The van der Waals surface area contributed by atoms with Gasteiger partial charge in [-0.3, -0.25) is 4.79 Å². The third kappa shape index (κ3) is 2.57. The Morgan fingerprint density at radius 2 is 2.23 bits per heavy atom. The zero-order valence-corrected chi connectivity index (χ0v) is 12.0. The van der Waals surface area contributed by atoms with Crippen molar-refractivity contribution in [2.45, 2.75) is 5.16 Å². The molecule has 1 amide bonds. The number of rotatable bonds is 4. The molecular formula is C12H10N8OS. The zero-order valence-electron chi connectivity index (χ0n) is 11.2. The topological polar surface area (TPSA) is 127 Å². The smallest absolute Gasteiger partial charge is 0.273 e. The van der Waals surface area contributed by atoms with Crippen LogP contribution in [0.3, 0.4) is 0 Å². The zero-order chi connectivity index (χ0) is 15.5. The summed E-state index contributed by atoms with van der Waals surface area (Å²) < 4.78 is 2.68. The van der Waals surface area contributed by atoms with E-state index in [0.29, 0.717) is 22.2 Å². The lowest BCUT2D eigenvalue weighted by Gasteiger charge is -2.05. The van der Waals surface area contributed by atoms with Crippen LogP contribution in [0, 0.1) is 11.3 Å². The maximum absolute atomic E-state index is 12.0. The number of hydrogen-bond acceptors (Lipinski definition) is 7. The predicted octanol–water partition coefficient (Wildman–Crippen LogP) is 0.242. The Kier molecular flexibility index (Phi) is 3.63. The SMILES string of the molecule is N#Cc1ccccc1NC(=O)CSc1nnc2n(N)cnn12. The maximum Gasteiger partial charge on any atom is 0.273 e. The minimum absolute atomic E-state index is 0.109. The van der Waals surface area contributed by atoms with Gasteiger partial charge in [-0.15, -0.1) is 10.2 Å². The molecule has 0 aliphatic heterocycles. The van der Waals surface area contributed by atoms with Crippen molar-refractivity contribution in [3.05, 3.63) is 36.2 Å². The van der Waals surface area contributed by atoms with Gasteiger partial charge in [-0.05, 0) is 12.1 Å². The molecule has 0 aliphatic rings. The van der Waals surface area contributed by atoms with Crippen LogP contribution in [0.5, 0.6) is 0 Å². The van der Waals surface area contributed by atoms with Crippen LogP contribution in [0.15, 0.2) is 35.7 Å². The van der Waals surface area contributed by atoms with Crippen molar-refractivity contribution in [1.29, 1.82) is 5.26 Å². The van der Waals surface area contributed by atoms with E-state index >= 15 is 0 Å². The molecule has 22 heavy (non-hydrogen) atoms. The molecule has 0 unspecified atom stereocenters. The molecule has 2 aromatic heterocycles. The Hall–Kier alpha value is -3.06. The summed E-state index contributed by atoms with van der Waals surface area (Å²) in [5, 5.41) is 23.9. The molecular weight excluding hydrogens is 304 g/mol. The molecule has 110 valence electrons. The second-order valence-corrected chi connectivity index (χ2v) is 5.17. The number of benzene rings is 1. The third-order valence-corrected chi connectivity index (χ3v) is 3.69. The maximum atomic E-state index is 12.0. The molecule has 0 bridgehead atoms. The van der Waals surface area contributed by atoms with Crippen molar-refractivity contribution in [2.75, 3.05) is 16.9 Å². The van der Waals surface area contributed by atoms with E-state index in [-0.39, 0.29) is 11.7 Å². The summed E-state index contributed by atoms with van der Waals surface area (Å²) in [7, 11) is 0. The number of nitrogens with zero attached hydrogens (tertiary/aromatic N) is 6. The lowest BCUT2D eigenvalue weighted by Crippen LogP contribution is -2.15. The van der Waals surface area contributed by atoms with Gasteiger partial charge >= 0.3 is 0 Å². The largest absolute Gasteiger partial charge is 0.335 e. The molecule has 0 radical (unpaired) electrons. The first-order chi connectivity index (χ1) is 10.7. The summed E-state index contributed by atoms with van der Waals surface area (Å²) >= 11 is 1.17. The summed E-state index contributed by atoms with van der Waals surface area (Å²) in [6, 6.07) is 8.82. The van der Waals surface area contributed by atoms with Gasteiger partial charge in [-0.2, -0.15) is 14.9 Å². The molecule has 0 fully saturated rings. The first-order valence-corrected chi connectivity index (χ1v) is 7.13. The highest BCUT2D eigenvalue weighted by Crippen LogP contribution is 2.17. The fourth-order valence-corrected chi connectivity index (χ4v) is 2.46. The van der Waals surface area contributed by atoms with Crippen molar-refractivity contribution < 1.29 is 4.79 Å². The Balaban J connectivity index is 1.66. The number of aromatic nitrogens is 5.